The normalized spacial score (nSPS) is 24.0. The third kappa shape index (κ3) is 4.98. The van der Waals surface area contributed by atoms with Gasteiger partial charge in [0, 0.05) is 12.6 Å². The Hall–Kier alpha value is -0.0800. The second-order valence-electron chi connectivity index (χ2n) is 5.88. The van der Waals surface area contributed by atoms with Crippen molar-refractivity contribution in [1.29, 1.82) is 0 Å². The van der Waals surface area contributed by atoms with E-state index in [9.17, 15) is 0 Å². The minimum Gasteiger partial charge on any atom is -0.328 e. The van der Waals surface area contributed by atoms with Gasteiger partial charge >= 0.3 is 0 Å². The summed E-state index contributed by atoms with van der Waals surface area (Å²) in [5.41, 5.74) is 6.56. The lowest BCUT2D eigenvalue weighted by Crippen LogP contribution is -2.41. The Morgan fingerprint density at radius 2 is 2.07 bits per heavy atom. The molecule has 0 aromatic carbocycles. The average Bonchev–Trinajstić information content (AvgIpc) is 2.14. The highest BCUT2D eigenvalue weighted by molar-refractivity contribution is 4.80. The summed E-state index contributed by atoms with van der Waals surface area (Å²) in [6.07, 6.45) is 6.30. The Balaban J connectivity index is 2.21. The zero-order valence-electron chi connectivity index (χ0n) is 10.8. The average molecular weight is 212 g/mol. The summed E-state index contributed by atoms with van der Waals surface area (Å²) in [6.45, 7) is 10.7. The van der Waals surface area contributed by atoms with Gasteiger partial charge in [-0.05, 0) is 44.2 Å². The highest BCUT2D eigenvalue weighted by atomic mass is 15.1. The van der Waals surface area contributed by atoms with Crippen molar-refractivity contribution in [2.75, 3.05) is 19.6 Å². The Kier molecular flexibility index (Phi) is 5.07. The third-order valence-corrected chi connectivity index (χ3v) is 3.46. The van der Waals surface area contributed by atoms with Crippen LogP contribution >= 0.6 is 0 Å². The summed E-state index contributed by atoms with van der Waals surface area (Å²) >= 11 is 0. The van der Waals surface area contributed by atoms with Crippen molar-refractivity contribution in [3.8, 4) is 0 Å². The molecule has 2 heteroatoms. The smallest absolute Gasteiger partial charge is 0.00509 e. The zero-order chi connectivity index (χ0) is 11.3. The topological polar surface area (TPSA) is 29.3 Å². The van der Waals surface area contributed by atoms with Crippen molar-refractivity contribution in [3.05, 3.63) is 0 Å². The van der Waals surface area contributed by atoms with Gasteiger partial charge in [0.05, 0.1) is 0 Å². The molecule has 2 nitrogen and oxygen atoms in total. The van der Waals surface area contributed by atoms with Crippen LogP contribution in [0.5, 0.6) is 0 Å². The van der Waals surface area contributed by atoms with Crippen LogP contribution < -0.4 is 5.73 Å². The summed E-state index contributed by atoms with van der Waals surface area (Å²) in [5, 5.41) is 0. The third-order valence-electron chi connectivity index (χ3n) is 3.46. The van der Waals surface area contributed by atoms with Crippen molar-refractivity contribution < 1.29 is 0 Å². The van der Waals surface area contributed by atoms with Gasteiger partial charge in [-0.2, -0.15) is 0 Å². The quantitative estimate of drug-likeness (QED) is 0.759. The molecule has 1 heterocycles. The van der Waals surface area contributed by atoms with E-state index in [1.807, 2.05) is 0 Å². The van der Waals surface area contributed by atoms with Gasteiger partial charge in [0.1, 0.15) is 0 Å². The first-order valence-corrected chi connectivity index (χ1v) is 6.51. The molecule has 1 aliphatic heterocycles. The summed E-state index contributed by atoms with van der Waals surface area (Å²) in [4.78, 5) is 2.60. The number of piperidine rings is 1. The van der Waals surface area contributed by atoms with E-state index in [-0.39, 0.29) is 0 Å². The molecule has 1 fully saturated rings. The molecular weight excluding hydrogens is 184 g/mol. The van der Waals surface area contributed by atoms with Crippen molar-refractivity contribution in [1.82, 2.24) is 4.90 Å². The lowest BCUT2D eigenvalue weighted by molar-refractivity contribution is 0.114. The van der Waals surface area contributed by atoms with Gasteiger partial charge in [-0.3, -0.25) is 0 Å². The largest absolute Gasteiger partial charge is 0.328 e. The molecule has 90 valence electrons. The van der Waals surface area contributed by atoms with Crippen LogP contribution in [0.4, 0.5) is 0 Å². The van der Waals surface area contributed by atoms with Gasteiger partial charge in [-0.15, -0.1) is 0 Å². The Bertz CT molecular complexity index is 177. The molecule has 0 amide bonds. The molecule has 0 aromatic rings. The fourth-order valence-corrected chi connectivity index (χ4v) is 2.60. The minimum absolute atomic E-state index is 0.417. The molecule has 0 aliphatic carbocycles. The molecule has 0 spiro atoms. The van der Waals surface area contributed by atoms with Crippen molar-refractivity contribution in [2.24, 2.45) is 11.1 Å². The number of hydrogen-bond acceptors (Lipinski definition) is 2. The van der Waals surface area contributed by atoms with Gasteiger partial charge in [0.25, 0.3) is 0 Å². The zero-order valence-corrected chi connectivity index (χ0v) is 10.8. The second kappa shape index (κ2) is 5.86. The van der Waals surface area contributed by atoms with Crippen molar-refractivity contribution >= 4 is 0 Å². The Morgan fingerprint density at radius 3 is 2.67 bits per heavy atom. The molecule has 0 aromatic heterocycles. The van der Waals surface area contributed by atoms with Gasteiger partial charge in [-0.25, -0.2) is 0 Å². The number of likely N-dealkylation sites (tertiary alicyclic amines) is 1. The van der Waals surface area contributed by atoms with E-state index in [2.05, 4.69) is 25.7 Å². The molecule has 0 radical (unpaired) electrons. The fourth-order valence-electron chi connectivity index (χ4n) is 2.60. The first kappa shape index (κ1) is 13.0. The highest BCUT2D eigenvalue weighted by Gasteiger charge is 2.25. The van der Waals surface area contributed by atoms with E-state index in [4.69, 9.17) is 5.73 Å². The molecule has 2 N–H and O–H groups in total. The summed E-state index contributed by atoms with van der Waals surface area (Å²) < 4.78 is 0. The number of hydrogen-bond donors (Lipinski definition) is 1. The van der Waals surface area contributed by atoms with Crippen LogP contribution in [0.3, 0.4) is 0 Å². The molecule has 1 aliphatic rings. The molecule has 1 unspecified atom stereocenters. The molecule has 1 saturated heterocycles. The standard InChI is InChI=1S/C13H28N2/c1-4-6-12(14)7-10-15-9-5-8-13(2,3)11-15/h12H,4-11,14H2,1-3H3. The molecule has 0 saturated carbocycles. The fraction of sp³-hybridized carbons (Fsp3) is 1.00. The van der Waals surface area contributed by atoms with Gasteiger partial charge in [0.2, 0.25) is 0 Å². The molecule has 0 bridgehead atoms. The second-order valence-corrected chi connectivity index (χ2v) is 5.88. The maximum atomic E-state index is 6.04. The van der Waals surface area contributed by atoms with Crippen molar-refractivity contribution in [2.45, 2.75) is 58.9 Å². The lowest BCUT2D eigenvalue weighted by Gasteiger charge is -2.38. The maximum Gasteiger partial charge on any atom is 0.00509 e. The molecule has 1 atom stereocenters. The van der Waals surface area contributed by atoms with Crippen LogP contribution in [-0.2, 0) is 0 Å². The lowest BCUT2D eigenvalue weighted by atomic mass is 9.84. The summed E-state index contributed by atoms with van der Waals surface area (Å²) in [7, 11) is 0. The SMILES string of the molecule is CCCC(N)CCN1CCCC(C)(C)C1. The van der Waals surface area contributed by atoms with Crippen LogP contribution in [0.25, 0.3) is 0 Å². The summed E-state index contributed by atoms with van der Waals surface area (Å²) in [5.74, 6) is 0. The van der Waals surface area contributed by atoms with E-state index in [0.717, 1.165) is 0 Å². The van der Waals surface area contributed by atoms with Crippen LogP contribution in [-0.4, -0.2) is 30.6 Å². The Labute approximate surface area is 95.2 Å². The highest BCUT2D eigenvalue weighted by Crippen LogP contribution is 2.28. The summed E-state index contributed by atoms with van der Waals surface area (Å²) in [6, 6.07) is 0.417. The predicted octanol–water partition coefficient (Wildman–Crippen LogP) is 2.63. The molecular formula is C13H28N2. The van der Waals surface area contributed by atoms with Crippen LogP contribution in [0.2, 0.25) is 0 Å². The van der Waals surface area contributed by atoms with E-state index in [1.165, 1.54) is 51.7 Å². The van der Waals surface area contributed by atoms with Gasteiger partial charge in [-0.1, -0.05) is 27.2 Å². The van der Waals surface area contributed by atoms with Gasteiger partial charge < -0.3 is 10.6 Å². The van der Waals surface area contributed by atoms with Crippen molar-refractivity contribution in [3.63, 3.8) is 0 Å². The van der Waals surface area contributed by atoms with E-state index < -0.39 is 0 Å². The number of nitrogens with two attached hydrogens (primary N) is 1. The molecule has 15 heavy (non-hydrogen) atoms. The predicted molar refractivity (Wildman–Crippen MR) is 67.0 cm³/mol. The van der Waals surface area contributed by atoms with Gasteiger partial charge in [0.15, 0.2) is 0 Å². The van der Waals surface area contributed by atoms with Crippen LogP contribution in [0.15, 0.2) is 0 Å². The molecule has 1 rings (SSSR count). The first-order chi connectivity index (χ1) is 7.03. The Morgan fingerprint density at radius 1 is 1.33 bits per heavy atom. The minimum atomic E-state index is 0.417. The van der Waals surface area contributed by atoms with Crippen LogP contribution in [0.1, 0.15) is 52.9 Å². The first-order valence-electron chi connectivity index (χ1n) is 6.51. The number of nitrogens with zero attached hydrogens (tertiary/aromatic N) is 1. The maximum absolute atomic E-state index is 6.04. The van der Waals surface area contributed by atoms with E-state index in [0.29, 0.717) is 11.5 Å². The van der Waals surface area contributed by atoms with Crippen LogP contribution in [0, 0.1) is 5.41 Å². The number of rotatable bonds is 5. The van der Waals surface area contributed by atoms with E-state index >= 15 is 0 Å². The van der Waals surface area contributed by atoms with E-state index in [1.54, 1.807) is 0 Å². The monoisotopic (exact) mass is 212 g/mol.